The number of hydrogen-bond donors (Lipinski definition) is 0. The van der Waals surface area contributed by atoms with E-state index in [1.807, 2.05) is 26.0 Å². The van der Waals surface area contributed by atoms with Crippen LogP contribution in [0.1, 0.15) is 11.5 Å². The smallest absolute Gasteiger partial charge is 0.262 e. The van der Waals surface area contributed by atoms with Gasteiger partial charge in [-0.3, -0.25) is 0 Å². The first-order chi connectivity index (χ1) is 7.15. The Morgan fingerprint density at radius 2 is 2.07 bits per heavy atom. The van der Waals surface area contributed by atoms with Gasteiger partial charge in [-0.25, -0.2) is 9.97 Å². The highest BCUT2D eigenvalue weighted by molar-refractivity contribution is 7.99. The SMILES string of the molecule is Cc1nc(Sc2cccc(Cl)n2)oc1C. The van der Waals surface area contributed by atoms with Crippen molar-refractivity contribution < 1.29 is 4.42 Å². The van der Waals surface area contributed by atoms with Gasteiger partial charge in [0.2, 0.25) is 0 Å². The van der Waals surface area contributed by atoms with Crippen molar-refractivity contribution in [2.45, 2.75) is 24.1 Å². The molecule has 2 aromatic rings. The fraction of sp³-hybridized carbons (Fsp3) is 0.200. The summed E-state index contributed by atoms with van der Waals surface area (Å²) in [5.74, 6) is 0.833. The molecule has 0 aromatic carbocycles. The number of halogens is 1. The molecule has 2 heterocycles. The van der Waals surface area contributed by atoms with Crippen molar-refractivity contribution in [3.63, 3.8) is 0 Å². The number of aryl methyl sites for hydroxylation is 2. The van der Waals surface area contributed by atoms with Crippen molar-refractivity contribution in [1.29, 1.82) is 0 Å². The molecule has 0 saturated carbocycles. The first-order valence-electron chi connectivity index (χ1n) is 4.39. The molecule has 2 aromatic heterocycles. The third kappa shape index (κ3) is 2.52. The van der Waals surface area contributed by atoms with E-state index in [4.69, 9.17) is 16.0 Å². The molecule has 0 aliphatic rings. The van der Waals surface area contributed by atoms with Gasteiger partial charge in [-0.05, 0) is 37.7 Å². The van der Waals surface area contributed by atoms with Gasteiger partial charge in [-0.15, -0.1) is 0 Å². The predicted molar refractivity (Wildman–Crippen MR) is 59.3 cm³/mol. The Bertz CT molecular complexity index is 465. The minimum Gasteiger partial charge on any atom is -0.436 e. The van der Waals surface area contributed by atoms with E-state index >= 15 is 0 Å². The standard InChI is InChI=1S/C10H9ClN2OS/c1-6-7(2)14-10(12-6)15-9-5-3-4-8(11)13-9/h3-5H,1-2H3. The van der Waals surface area contributed by atoms with Crippen LogP contribution in [0.25, 0.3) is 0 Å². The summed E-state index contributed by atoms with van der Waals surface area (Å²) in [6.07, 6.45) is 0. The zero-order valence-corrected chi connectivity index (χ0v) is 9.89. The number of hydrogen-bond acceptors (Lipinski definition) is 4. The molecule has 0 aliphatic carbocycles. The summed E-state index contributed by atoms with van der Waals surface area (Å²) in [4.78, 5) is 8.38. The van der Waals surface area contributed by atoms with Crippen LogP contribution in [-0.2, 0) is 0 Å². The number of nitrogens with zero attached hydrogens (tertiary/aromatic N) is 2. The first kappa shape index (κ1) is 10.5. The van der Waals surface area contributed by atoms with Crippen molar-refractivity contribution in [2.75, 3.05) is 0 Å². The van der Waals surface area contributed by atoms with Crippen LogP contribution in [-0.4, -0.2) is 9.97 Å². The van der Waals surface area contributed by atoms with Crippen molar-refractivity contribution in [3.8, 4) is 0 Å². The van der Waals surface area contributed by atoms with Gasteiger partial charge < -0.3 is 4.42 Å². The maximum atomic E-state index is 5.77. The Hall–Kier alpha value is -1.00. The molecule has 15 heavy (non-hydrogen) atoms. The van der Waals surface area contributed by atoms with Gasteiger partial charge in [-0.1, -0.05) is 17.7 Å². The normalized spacial score (nSPS) is 10.6. The third-order valence-corrected chi connectivity index (χ3v) is 2.89. The number of aromatic nitrogens is 2. The number of oxazole rings is 1. The Kier molecular flexibility index (Phi) is 2.98. The lowest BCUT2D eigenvalue weighted by molar-refractivity contribution is 0.431. The summed E-state index contributed by atoms with van der Waals surface area (Å²) in [5, 5.41) is 1.85. The van der Waals surface area contributed by atoms with Gasteiger partial charge in [0.05, 0.1) is 5.69 Å². The first-order valence-corrected chi connectivity index (χ1v) is 5.59. The zero-order chi connectivity index (χ0) is 10.8. The molecule has 0 spiro atoms. The summed E-state index contributed by atoms with van der Waals surface area (Å²) in [6.45, 7) is 3.80. The Balaban J connectivity index is 2.22. The van der Waals surface area contributed by atoms with E-state index < -0.39 is 0 Å². The zero-order valence-electron chi connectivity index (χ0n) is 8.32. The van der Waals surface area contributed by atoms with Gasteiger partial charge in [0, 0.05) is 0 Å². The van der Waals surface area contributed by atoms with Crippen LogP contribution in [0.5, 0.6) is 0 Å². The molecule has 78 valence electrons. The second kappa shape index (κ2) is 4.24. The van der Waals surface area contributed by atoms with Crippen LogP contribution >= 0.6 is 23.4 Å². The van der Waals surface area contributed by atoms with Crippen LogP contribution in [0.3, 0.4) is 0 Å². The fourth-order valence-electron chi connectivity index (χ4n) is 1.02. The lowest BCUT2D eigenvalue weighted by atomic mass is 10.4. The summed E-state index contributed by atoms with van der Waals surface area (Å²) in [5.41, 5.74) is 0.902. The molecule has 2 rings (SSSR count). The maximum absolute atomic E-state index is 5.77. The molecular weight excluding hydrogens is 232 g/mol. The van der Waals surface area contributed by atoms with Gasteiger partial charge in [0.15, 0.2) is 0 Å². The van der Waals surface area contributed by atoms with Gasteiger partial charge in [-0.2, -0.15) is 0 Å². The lowest BCUT2D eigenvalue weighted by Gasteiger charge is -1.95. The predicted octanol–water partition coefficient (Wildman–Crippen LogP) is 3.49. The van der Waals surface area contributed by atoms with Crippen molar-refractivity contribution in [2.24, 2.45) is 0 Å². The molecule has 0 saturated heterocycles. The molecule has 0 amide bonds. The molecule has 0 unspecified atom stereocenters. The van der Waals surface area contributed by atoms with Crippen molar-refractivity contribution in [3.05, 3.63) is 34.8 Å². The minimum atomic E-state index is 0.472. The minimum absolute atomic E-state index is 0.472. The highest BCUT2D eigenvalue weighted by atomic mass is 35.5. The molecule has 0 N–H and O–H groups in total. The molecule has 0 fully saturated rings. The quantitative estimate of drug-likeness (QED) is 0.754. The van der Waals surface area contributed by atoms with Crippen LogP contribution in [0, 0.1) is 13.8 Å². The second-order valence-corrected chi connectivity index (χ2v) is 4.38. The monoisotopic (exact) mass is 240 g/mol. The average molecular weight is 241 g/mol. The molecule has 0 bridgehead atoms. The maximum Gasteiger partial charge on any atom is 0.262 e. The van der Waals surface area contributed by atoms with Gasteiger partial charge >= 0.3 is 0 Å². The van der Waals surface area contributed by atoms with E-state index in [0.29, 0.717) is 10.4 Å². The number of rotatable bonds is 2. The van der Waals surface area contributed by atoms with E-state index in [-0.39, 0.29) is 0 Å². The molecular formula is C10H9ClN2OS. The number of pyridine rings is 1. The fourth-order valence-corrected chi connectivity index (χ4v) is 2.06. The van der Waals surface area contributed by atoms with E-state index in [1.165, 1.54) is 11.8 Å². The summed E-state index contributed by atoms with van der Waals surface area (Å²) in [7, 11) is 0. The third-order valence-electron chi connectivity index (χ3n) is 1.89. The second-order valence-electron chi connectivity index (χ2n) is 3.02. The molecule has 3 nitrogen and oxygen atoms in total. The van der Waals surface area contributed by atoms with Gasteiger partial charge in [0.25, 0.3) is 5.22 Å². The summed E-state index contributed by atoms with van der Waals surface area (Å²) < 4.78 is 5.43. The van der Waals surface area contributed by atoms with Crippen molar-refractivity contribution >= 4 is 23.4 Å². The van der Waals surface area contributed by atoms with E-state index in [9.17, 15) is 0 Å². The summed E-state index contributed by atoms with van der Waals surface area (Å²) in [6, 6.07) is 5.45. The highest BCUT2D eigenvalue weighted by Crippen LogP contribution is 2.27. The van der Waals surface area contributed by atoms with E-state index in [1.54, 1.807) is 6.07 Å². The van der Waals surface area contributed by atoms with Crippen LogP contribution in [0.4, 0.5) is 0 Å². The molecule has 0 radical (unpaired) electrons. The van der Waals surface area contributed by atoms with Crippen molar-refractivity contribution in [1.82, 2.24) is 9.97 Å². The highest BCUT2D eigenvalue weighted by Gasteiger charge is 2.08. The van der Waals surface area contributed by atoms with Crippen LogP contribution in [0.2, 0.25) is 5.15 Å². The van der Waals surface area contributed by atoms with Crippen LogP contribution in [0.15, 0.2) is 32.9 Å². The Labute approximate surface area is 96.9 Å². The van der Waals surface area contributed by atoms with Crippen LogP contribution < -0.4 is 0 Å². The lowest BCUT2D eigenvalue weighted by Crippen LogP contribution is -1.80. The van der Waals surface area contributed by atoms with Gasteiger partial charge in [0.1, 0.15) is 15.9 Å². The topological polar surface area (TPSA) is 38.9 Å². The average Bonchev–Trinajstić information content (AvgIpc) is 2.45. The van der Waals surface area contributed by atoms with E-state index in [2.05, 4.69) is 9.97 Å². The Morgan fingerprint density at radius 1 is 1.27 bits per heavy atom. The molecule has 5 heteroatoms. The van der Waals surface area contributed by atoms with E-state index in [0.717, 1.165) is 16.5 Å². The summed E-state index contributed by atoms with van der Waals surface area (Å²) >= 11 is 7.14. The Morgan fingerprint density at radius 3 is 2.67 bits per heavy atom. The molecule has 0 atom stereocenters. The largest absolute Gasteiger partial charge is 0.436 e. The molecule has 0 aliphatic heterocycles.